The molecular formula is C27H28N6O2. The lowest BCUT2D eigenvalue weighted by atomic mass is 10.2. The number of nitrogens with zero attached hydrogens (tertiary/aromatic N) is 6. The van der Waals surface area contributed by atoms with E-state index < -0.39 is 0 Å². The number of aromatic nitrogens is 5. The first kappa shape index (κ1) is 21.8. The van der Waals surface area contributed by atoms with Crippen LogP contribution in [0.5, 0.6) is 0 Å². The van der Waals surface area contributed by atoms with Crippen molar-refractivity contribution in [3.8, 4) is 5.82 Å². The van der Waals surface area contributed by atoms with Crippen molar-refractivity contribution in [3.05, 3.63) is 83.8 Å². The number of fused-ring (bicyclic) bond motifs is 2. The summed E-state index contributed by atoms with van der Waals surface area (Å²) in [6.07, 6.45) is 0.812. The van der Waals surface area contributed by atoms with Crippen LogP contribution in [-0.4, -0.2) is 50.5 Å². The highest BCUT2D eigenvalue weighted by atomic mass is 16.5. The number of para-hydroxylation sites is 2. The van der Waals surface area contributed by atoms with Gasteiger partial charge in [-0.15, -0.1) is 0 Å². The van der Waals surface area contributed by atoms with Crippen molar-refractivity contribution in [1.82, 2.24) is 24.1 Å². The number of hydrogen-bond acceptors (Lipinski definition) is 6. The minimum absolute atomic E-state index is 0.421. The molecule has 0 amide bonds. The van der Waals surface area contributed by atoms with Gasteiger partial charge in [-0.2, -0.15) is 9.61 Å². The predicted octanol–water partition coefficient (Wildman–Crippen LogP) is 4.18. The van der Waals surface area contributed by atoms with E-state index in [0.717, 1.165) is 64.9 Å². The van der Waals surface area contributed by atoms with Crippen LogP contribution in [0.15, 0.2) is 66.7 Å². The second-order valence-corrected chi connectivity index (χ2v) is 8.66. The Bertz CT molecular complexity index is 1450. The normalized spacial score (nSPS) is 14.3. The van der Waals surface area contributed by atoms with Crippen LogP contribution in [0.4, 0.5) is 5.82 Å². The second kappa shape index (κ2) is 9.48. The first-order valence-electron chi connectivity index (χ1n) is 12.1. The lowest BCUT2D eigenvalue weighted by Crippen LogP contribution is -2.37. The minimum Gasteiger partial charge on any atom is -0.378 e. The molecule has 178 valence electrons. The van der Waals surface area contributed by atoms with E-state index in [0.29, 0.717) is 26.4 Å². The molecule has 0 bridgehead atoms. The maximum absolute atomic E-state index is 5.96. The summed E-state index contributed by atoms with van der Waals surface area (Å²) in [4.78, 5) is 12.2. The number of hydrogen-bond donors (Lipinski definition) is 0. The van der Waals surface area contributed by atoms with Crippen LogP contribution in [0.3, 0.4) is 0 Å². The zero-order valence-electron chi connectivity index (χ0n) is 19.8. The molecule has 4 heterocycles. The fraction of sp³-hybridized carbons (Fsp3) is 0.296. The number of benzene rings is 2. The summed E-state index contributed by atoms with van der Waals surface area (Å²) in [7, 11) is 0. The van der Waals surface area contributed by atoms with E-state index in [1.807, 2.05) is 47.0 Å². The largest absolute Gasteiger partial charge is 0.378 e. The monoisotopic (exact) mass is 468 g/mol. The third-order valence-corrected chi connectivity index (χ3v) is 6.32. The van der Waals surface area contributed by atoms with Crippen LogP contribution in [0.1, 0.15) is 24.0 Å². The highest BCUT2D eigenvalue weighted by Gasteiger charge is 2.20. The summed E-state index contributed by atoms with van der Waals surface area (Å²) >= 11 is 0. The topological polar surface area (TPSA) is 69.7 Å². The molecule has 0 saturated carbocycles. The van der Waals surface area contributed by atoms with Crippen LogP contribution in [0.25, 0.3) is 22.5 Å². The van der Waals surface area contributed by atoms with Crippen molar-refractivity contribution in [3.63, 3.8) is 0 Å². The predicted molar refractivity (Wildman–Crippen MR) is 135 cm³/mol. The molecule has 0 atom stereocenters. The summed E-state index contributed by atoms with van der Waals surface area (Å²) in [6, 6.07) is 22.5. The van der Waals surface area contributed by atoms with Gasteiger partial charge >= 0.3 is 0 Å². The Hall–Kier alpha value is -3.75. The van der Waals surface area contributed by atoms with Crippen molar-refractivity contribution >= 4 is 22.5 Å². The molecule has 8 heteroatoms. The van der Waals surface area contributed by atoms with Gasteiger partial charge in [0.15, 0.2) is 5.65 Å². The molecule has 3 aromatic heterocycles. The molecule has 1 saturated heterocycles. The van der Waals surface area contributed by atoms with Gasteiger partial charge in [0.2, 0.25) is 0 Å². The fourth-order valence-corrected chi connectivity index (χ4v) is 4.61. The first-order valence-corrected chi connectivity index (χ1v) is 12.1. The van der Waals surface area contributed by atoms with Crippen molar-refractivity contribution in [1.29, 1.82) is 0 Å². The Morgan fingerprint density at radius 2 is 1.71 bits per heavy atom. The standard InChI is InChI=1S/C27H28N6O2/c1-2-24-28-22-10-6-7-11-23(22)32(24)25-17-27(31-12-14-34-15-13-31)33-26(29-25)16-21(30-33)19-35-18-20-8-4-3-5-9-20/h3-11,16-17H,2,12-15,18-19H2,1H3. The Kier molecular flexibility index (Phi) is 5.89. The van der Waals surface area contributed by atoms with E-state index in [4.69, 9.17) is 24.5 Å². The number of rotatable bonds is 7. The Balaban J connectivity index is 1.41. The molecule has 0 unspecified atom stereocenters. The van der Waals surface area contributed by atoms with E-state index in [1.54, 1.807) is 0 Å². The van der Waals surface area contributed by atoms with E-state index in [9.17, 15) is 0 Å². The fourth-order valence-electron chi connectivity index (χ4n) is 4.61. The Morgan fingerprint density at radius 3 is 2.54 bits per heavy atom. The number of imidazole rings is 1. The molecule has 0 spiro atoms. The molecule has 0 N–H and O–H groups in total. The van der Waals surface area contributed by atoms with E-state index in [2.05, 4.69) is 40.7 Å². The summed E-state index contributed by atoms with van der Waals surface area (Å²) < 4.78 is 15.7. The van der Waals surface area contributed by atoms with Crippen molar-refractivity contribution in [2.45, 2.75) is 26.6 Å². The van der Waals surface area contributed by atoms with Gasteiger partial charge in [-0.05, 0) is 17.7 Å². The third kappa shape index (κ3) is 4.26. The Morgan fingerprint density at radius 1 is 0.914 bits per heavy atom. The van der Waals surface area contributed by atoms with Crippen molar-refractivity contribution < 1.29 is 9.47 Å². The lowest BCUT2D eigenvalue weighted by molar-refractivity contribution is 0.104. The molecule has 1 fully saturated rings. The van der Waals surface area contributed by atoms with Gasteiger partial charge in [-0.3, -0.25) is 4.57 Å². The number of anilines is 1. The van der Waals surface area contributed by atoms with Crippen LogP contribution in [0.2, 0.25) is 0 Å². The molecule has 8 nitrogen and oxygen atoms in total. The average molecular weight is 469 g/mol. The summed E-state index contributed by atoms with van der Waals surface area (Å²) in [5.74, 6) is 2.84. The van der Waals surface area contributed by atoms with Crippen molar-refractivity contribution in [2.24, 2.45) is 0 Å². The number of ether oxygens (including phenoxy) is 2. The van der Waals surface area contributed by atoms with Gasteiger partial charge in [0.25, 0.3) is 0 Å². The third-order valence-electron chi connectivity index (χ3n) is 6.32. The molecular weight excluding hydrogens is 440 g/mol. The molecule has 6 rings (SSSR count). The van der Waals surface area contributed by atoms with Gasteiger partial charge < -0.3 is 14.4 Å². The highest BCUT2D eigenvalue weighted by Crippen LogP contribution is 2.26. The van der Waals surface area contributed by atoms with Crippen LogP contribution < -0.4 is 4.90 Å². The van der Waals surface area contributed by atoms with Crippen LogP contribution in [0, 0.1) is 0 Å². The van der Waals surface area contributed by atoms with Gasteiger partial charge in [-0.25, -0.2) is 9.97 Å². The zero-order valence-corrected chi connectivity index (χ0v) is 19.8. The van der Waals surface area contributed by atoms with Gasteiger partial charge in [0.05, 0.1) is 43.2 Å². The Labute approximate surface area is 203 Å². The number of aryl methyl sites for hydroxylation is 1. The quantitative estimate of drug-likeness (QED) is 0.357. The molecule has 0 aliphatic carbocycles. The summed E-state index contributed by atoms with van der Waals surface area (Å²) in [6.45, 7) is 6.10. The van der Waals surface area contributed by atoms with E-state index in [1.165, 1.54) is 0 Å². The smallest absolute Gasteiger partial charge is 0.160 e. The molecule has 1 aliphatic heterocycles. The molecule has 35 heavy (non-hydrogen) atoms. The van der Waals surface area contributed by atoms with Gasteiger partial charge in [0, 0.05) is 31.6 Å². The summed E-state index contributed by atoms with van der Waals surface area (Å²) in [5.41, 5.74) is 4.82. The second-order valence-electron chi connectivity index (χ2n) is 8.66. The van der Waals surface area contributed by atoms with Crippen molar-refractivity contribution in [2.75, 3.05) is 31.2 Å². The average Bonchev–Trinajstić information content (AvgIpc) is 3.50. The van der Waals surface area contributed by atoms with E-state index in [-0.39, 0.29) is 0 Å². The molecule has 1 aliphatic rings. The number of morpholine rings is 1. The molecule has 0 radical (unpaired) electrons. The van der Waals surface area contributed by atoms with Crippen LogP contribution in [-0.2, 0) is 29.1 Å². The molecule has 5 aromatic rings. The molecule has 2 aromatic carbocycles. The SMILES string of the molecule is CCc1nc2ccccc2n1-c1cc(N2CCOCC2)n2nc(COCc3ccccc3)cc2n1. The lowest BCUT2D eigenvalue weighted by Gasteiger charge is -2.29. The van der Waals surface area contributed by atoms with Gasteiger partial charge in [-0.1, -0.05) is 49.4 Å². The van der Waals surface area contributed by atoms with Gasteiger partial charge in [0.1, 0.15) is 17.5 Å². The minimum atomic E-state index is 0.421. The zero-order chi connectivity index (χ0) is 23.6. The first-order chi connectivity index (χ1) is 17.3. The highest BCUT2D eigenvalue weighted by molar-refractivity contribution is 5.78. The maximum Gasteiger partial charge on any atom is 0.160 e. The van der Waals surface area contributed by atoms with E-state index >= 15 is 0 Å². The summed E-state index contributed by atoms with van der Waals surface area (Å²) in [5, 5.41) is 4.87. The van der Waals surface area contributed by atoms with Crippen LogP contribution >= 0.6 is 0 Å². The maximum atomic E-state index is 5.96.